The number of carbonyl (C=O) groups is 1. The van der Waals surface area contributed by atoms with Crippen LogP contribution in [0.15, 0.2) is 18.2 Å². The Morgan fingerprint density at radius 1 is 1.32 bits per heavy atom. The van der Waals surface area contributed by atoms with Crippen LogP contribution in [0.2, 0.25) is 0 Å². The second kappa shape index (κ2) is 6.28. The summed E-state index contributed by atoms with van der Waals surface area (Å²) in [6.07, 6.45) is 0.518. The Hall–Kier alpha value is -1.23. The van der Waals surface area contributed by atoms with Gasteiger partial charge in [0.25, 0.3) is 0 Å². The van der Waals surface area contributed by atoms with Crippen LogP contribution in [0.3, 0.4) is 0 Å². The maximum absolute atomic E-state index is 12.0. The monoisotopic (exact) mass is 327 g/mol. The zero-order valence-electron chi connectivity index (χ0n) is 11.2. The number of benzene rings is 1. The van der Waals surface area contributed by atoms with Crippen molar-refractivity contribution >= 4 is 27.5 Å². The highest BCUT2D eigenvalue weighted by molar-refractivity contribution is 9.09. The van der Waals surface area contributed by atoms with Gasteiger partial charge in [-0.15, -0.1) is 0 Å². The standard InChI is InChI=1S/C14H18BrNO3/c1-3-18-11-5-6-13(19-4-2)12(8-11)16-9-10(15)7-14(16)17/h5-6,8,10H,3-4,7,9H2,1-2H3. The summed E-state index contributed by atoms with van der Waals surface area (Å²) >= 11 is 3.49. The van der Waals surface area contributed by atoms with Gasteiger partial charge in [0.1, 0.15) is 11.5 Å². The molecule has 5 heteroatoms. The zero-order valence-corrected chi connectivity index (χ0v) is 12.8. The molecule has 2 rings (SSSR count). The lowest BCUT2D eigenvalue weighted by Gasteiger charge is -2.20. The van der Waals surface area contributed by atoms with Gasteiger partial charge in [0, 0.05) is 23.9 Å². The van der Waals surface area contributed by atoms with E-state index in [2.05, 4.69) is 15.9 Å². The predicted octanol–water partition coefficient (Wildman–Crippen LogP) is 2.98. The number of alkyl halides is 1. The van der Waals surface area contributed by atoms with Crippen LogP contribution >= 0.6 is 15.9 Å². The van der Waals surface area contributed by atoms with Crippen molar-refractivity contribution in [2.45, 2.75) is 25.1 Å². The second-order valence-electron chi connectivity index (χ2n) is 4.30. The molecular formula is C14H18BrNO3. The summed E-state index contributed by atoms with van der Waals surface area (Å²) in [5.74, 6) is 1.59. The Bertz CT molecular complexity index is 464. The van der Waals surface area contributed by atoms with Gasteiger partial charge in [-0.1, -0.05) is 15.9 Å². The van der Waals surface area contributed by atoms with Gasteiger partial charge in [0.05, 0.1) is 18.9 Å². The van der Waals surface area contributed by atoms with E-state index in [0.717, 1.165) is 17.2 Å². The molecule has 1 aliphatic heterocycles. The summed E-state index contributed by atoms with van der Waals surface area (Å²) in [6, 6.07) is 5.60. The van der Waals surface area contributed by atoms with Crippen LogP contribution < -0.4 is 14.4 Å². The molecule has 104 valence electrons. The Kier molecular flexibility index (Phi) is 4.69. The highest BCUT2D eigenvalue weighted by atomic mass is 79.9. The molecule has 19 heavy (non-hydrogen) atoms. The summed E-state index contributed by atoms with van der Waals surface area (Å²) in [5.41, 5.74) is 0.791. The number of anilines is 1. The van der Waals surface area contributed by atoms with Gasteiger partial charge in [-0.2, -0.15) is 0 Å². The average molecular weight is 328 g/mol. The van der Waals surface area contributed by atoms with E-state index in [9.17, 15) is 4.79 Å². The summed E-state index contributed by atoms with van der Waals surface area (Å²) in [4.78, 5) is 14.0. The van der Waals surface area contributed by atoms with Crippen molar-refractivity contribution in [3.05, 3.63) is 18.2 Å². The largest absolute Gasteiger partial charge is 0.494 e. The minimum atomic E-state index is 0.108. The first-order valence-electron chi connectivity index (χ1n) is 6.49. The number of halogens is 1. The lowest BCUT2D eigenvalue weighted by Crippen LogP contribution is -2.25. The number of hydrogen-bond acceptors (Lipinski definition) is 3. The number of nitrogens with zero attached hydrogens (tertiary/aromatic N) is 1. The first kappa shape index (κ1) is 14.2. The van der Waals surface area contributed by atoms with Gasteiger partial charge in [-0.3, -0.25) is 4.79 Å². The van der Waals surface area contributed by atoms with Crippen molar-refractivity contribution in [3.63, 3.8) is 0 Å². The first-order chi connectivity index (χ1) is 9.15. The number of ether oxygens (including phenoxy) is 2. The smallest absolute Gasteiger partial charge is 0.228 e. The molecule has 4 nitrogen and oxygen atoms in total. The van der Waals surface area contributed by atoms with Crippen LogP contribution in [0, 0.1) is 0 Å². The Labute approximate surface area is 121 Å². The zero-order chi connectivity index (χ0) is 13.8. The fraction of sp³-hybridized carbons (Fsp3) is 0.500. The molecule has 1 unspecified atom stereocenters. The fourth-order valence-electron chi connectivity index (χ4n) is 2.14. The third-order valence-corrected chi connectivity index (χ3v) is 3.52. The normalized spacial score (nSPS) is 18.8. The fourth-order valence-corrected chi connectivity index (χ4v) is 2.71. The first-order valence-corrected chi connectivity index (χ1v) is 7.41. The van der Waals surface area contributed by atoms with Crippen molar-refractivity contribution in [3.8, 4) is 11.5 Å². The van der Waals surface area contributed by atoms with E-state index in [4.69, 9.17) is 9.47 Å². The quantitative estimate of drug-likeness (QED) is 0.780. The molecule has 0 aromatic heterocycles. The van der Waals surface area contributed by atoms with E-state index in [1.807, 2.05) is 32.0 Å². The summed E-state index contributed by atoms with van der Waals surface area (Å²) < 4.78 is 11.1. The third-order valence-electron chi connectivity index (χ3n) is 2.91. The van der Waals surface area contributed by atoms with Crippen molar-refractivity contribution in [1.82, 2.24) is 0 Å². The van der Waals surface area contributed by atoms with Gasteiger partial charge in [-0.25, -0.2) is 0 Å². The van der Waals surface area contributed by atoms with E-state index in [-0.39, 0.29) is 10.7 Å². The summed E-state index contributed by atoms with van der Waals surface area (Å²) in [5, 5.41) is 0. The lowest BCUT2D eigenvalue weighted by atomic mass is 10.2. The highest BCUT2D eigenvalue weighted by Gasteiger charge is 2.30. The van der Waals surface area contributed by atoms with Gasteiger partial charge < -0.3 is 14.4 Å². The lowest BCUT2D eigenvalue weighted by molar-refractivity contribution is -0.117. The van der Waals surface area contributed by atoms with Crippen LogP contribution in [0.5, 0.6) is 11.5 Å². The molecule has 1 atom stereocenters. The van der Waals surface area contributed by atoms with Gasteiger partial charge in [-0.05, 0) is 26.0 Å². The third kappa shape index (κ3) is 3.21. The Morgan fingerprint density at radius 2 is 2.05 bits per heavy atom. The van der Waals surface area contributed by atoms with Crippen LogP contribution in [0.25, 0.3) is 0 Å². The second-order valence-corrected chi connectivity index (χ2v) is 5.60. The summed E-state index contributed by atoms with van der Waals surface area (Å²) in [7, 11) is 0. The number of hydrogen-bond donors (Lipinski definition) is 0. The number of amides is 1. The van der Waals surface area contributed by atoms with E-state index < -0.39 is 0 Å². The molecule has 0 saturated carbocycles. The maximum atomic E-state index is 12.0. The molecule has 0 aliphatic carbocycles. The van der Waals surface area contributed by atoms with Crippen LogP contribution in [0.1, 0.15) is 20.3 Å². The molecule has 1 aliphatic rings. The molecule has 0 spiro atoms. The van der Waals surface area contributed by atoms with Crippen LogP contribution in [0.4, 0.5) is 5.69 Å². The minimum Gasteiger partial charge on any atom is -0.494 e. The number of rotatable bonds is 5. The van der Waals surface area contributed by atoms with Gasteiger partial charge >= 0.3 is 0 Å². The summed E-state index contributed by atoms with van der Waals surface area (Å²) in [6.45, 7) is 5.70. The Morgan fingerprint density at radius 3 is 2.63 bits per heavy atom. The van der Waals surface area contributed by atoms with Crippen LogP contribution in [-0.4, -0.2) is 30.5 Å². The molecule has 1 amide bonds. The van der Waals surface area contributed by atoms with Gasteiger partial charge in [0.2, 0.25) is 5.91 Å². The van der Waals surface area contributed by atoms with E-state index >= 15 is 0 Å². The van der Waals surface area contributed by atoms with Crippen molar-refractivity contribution < 1.29 is 14.3 Å². The molecular weight excluding hydrogens is 310 g/mol. The maximum Gasteiger partial charge on any atom is 0.228 e. The van der Waals surface area contributed by atoms with E-state index in [0.29, 0.717) is 26.2 Å². The topological polar surface area (TPSA) is 38.8 Å². The van der Waals surface area contributed by atoms with Crippen molar-refractivity contribution in [2.75, 3.05) is 24.7 Å². The number of carbonyl (C=O) groups excluding carboxylic acids is 1. The molecule has 0 radical (unpaired) electrons. The van der Waals surface area contributed by atoms with Crippen molar-refractivity contribution in [1.29, 1.82) is 0 Å². The average Bonchev–Trinajstić information content (AvgIpc) is 2.71. The molecule has 0 bridgehead atoms. The van der Waals surface area contributed by atoms with Crippen LogP contribution in [-0.2, 0) is 4.79 Å². The molecule has 0 N–H and O–H groups in total. The van der Waals surface area contributed by atoms with E-state index in [1.165, 1.54) is 0 Å². The van der Waals surface area contributed by atoms with E-state index in [1.54, 1.807) is 4.90 Å². The highest BCUT2D eigenvalue weighted by Crippen LogP contribution is 2.36. The molecule has 1 aromatic carbocycles. The van der Waals surface area contributed by atoms with Crippen molar-refractivity contribution in [2.24, 2.45) is 0 Å². The molecule has 1 aromatic rings. The van der Waals surface area contributed by atoms with Gasteiger partial charge in [0.15, 0.2) is 0 Å². The molecule has 1 heterocycles. The Balaban J connectivity index is 2.34. The SMILES string of the molecule is CCOc1ccc(OCC)c(N2CC(Br)CC2=O)c1. The predicted molar refractivity (Wildman–Crippen MR) is 78.5 cm³/mol. The molecule has 1 fully saturated rings. The molecule has 1 saturated heterocycles. The minimum absolute atomic E-state index is 0.108.